The number of amides is 1. The van der Waals surface area contributed by atoms with Gasteiger partial charge in [-0.1, -0.05) is 6.08 Å². The van der Waals surface area contributed by atoms with Crippen LogP contribution in [-0.2, 0) is 17.9 Å². The smallest absolute Gasteiger partial charge is 0.225 e. The second-order valence-corrected chi connectivity index (χ2v) is 9.26. The molecule has 2 N–H and O–H groups in total. The summed E-state index contributed by atoms with van der Waals surface area (Å²) in [6.07, 6.45) is 9.33. The minimum absolute atomic E-state index is 0.143. The summed E-state index contributed by atoms with van der Waals surface area (Å²) in [6, 6.07) is 8.41. The molecule has 0 spiro atoms. The van der Waals surface area contributed by atoms with Crippen molar-refractivity contribution in [3.8, 4) is 0 Å². The first-order valence-corrected chi connectivity index (χ1v) is 12.0. The molecule has 2 fully saturated rings. The average Bonchev–Trinajstić information content (AvgIpc) is 2.83. The van der Waals surface area contributed by atoms with E-state index < -0.39 is 0 Å². The van der Waals surface area contributed by atoms with Gasteiger partial charge < -0.3 is 10.6 Å². The first-order chi connectivity index (χ1) is 16.1. The molecule has 0 saturated carbocycles. The van der Waals surface area contributed by atoms with Crippen molar-refractivity contribution in [1.29, 1.82) is 0 Å². The molecule has 8 nitrogen and oxygen atoms in total. The molecule has 0 bridgehead atoms. The normalized spacial score (nSPS) is 18.7. The van der Waals surface area contributed by atoms with Crippen molar-refractivity contribution in [2.24, 2.45) is 5.92 Å². The van der Waals surface area contributed by atoms with E-state index in [4.69, 9.17) is 5.73 Å². The van der Waals surface area contributed by atoms with Gasteiger partial charge in [-0.05, 0) is 68.6 Å². The monoisotopic (exact) mass is 447 g/mol. The molecular weight excluding hydrogens is 414 g/mol. The molecule has 1 amide bonds. The Labute approximate surface area is 194 Å². The topological polar surface area (TPSA) is 85.2 Å². The maximum atomic E-state index is 13.2. The predicted octanol–water partition coefficient (Wildman–Crippen LogP) is 3.08. The molecule has 5 heterocycles. The SMILES string of the molecule is C=CCn1c2cccnc2n1C1CCN(C(=O)C2CCN(Cc3ccnc(N)c3)CC2)CC1. The number of rotatable bonds is 6. The molecule has 8 heteroatoms. The van der Waals surface area contributed by atoms with Crippen LogP contribution in [0.4, 0.5) is 5.82 Å². The summed E-state index contributed by atoms with van der Waals surface area (Å²) >= 11 is 0. The fraction of sp³-hybridized carbons (Fsp3) is 0.480. The number of carbonyl (C=O) groups excluding carboxylic acids is 1. The van der Waals surface area contributed by atoms with E-state index in [1.807, 2.05) is 30.5 Å². The Bertz CT molecular complexity index is 1120. The lowest BCUT2D eigenvalue weighted by Gasteiger charge is -2.39. The van der Waals surface area contributed by atoms with E-state index >= 15 is 0 Å². The number of piperidine rings is 2. The van der Waals surface area contributed by atoms with Crippen LogP contribution in [-0.4, -0.2) is 61.2 Å². The Morgan fingerprint density at radius 2 is 1.88 bits per heavy atom. The summed E-state index contributed by atoms with van der Waals surface area (Å²) in [4.78, 5) is 26.4. The van der Waals surface area contributed by atoms with Crippen molar-refractivity contribution in [3.05, 3.63) is 54.9 Å². The average molecular weight is 448 g/mol. The molecule has 174 valence electrons. The molecule has 2 aliphatic rings. The van der Waals surface area contributed by atoms with Gasteiger partial charge in [-0.3, -0.25) is 19.1 Å². The Balaban J connectivity index is 1.14. The van der Waals surface area contributed by atoms with E-state index in [9.17, 15) is 4.79 Å². The minimum Gasteiger partial charge on any atom is -0.384 e. The lowest BCUT2D eigenvalue weighted by molar-refractivity contribution is -0.138. The molecule has 2 aliphatic heterocycles. The Morgan fingerprint density at radius 1 is 1.09 bits per heavy atom. The van der Waals surface area contributed by atoms with Gasteiger partial charge in [0.15, 0.2) is 5.65 Å². The number of pyridine rings is 2. The maximum absolute atomic E-state index is 13.2. The number of hydrogen-bond acceptors (Lipinski definition) is 5. The number of likely N-dealkylation sites (tertiary alicyclic amines) is 2. The largest absolute Gasteiger partial charge is 0.384 e. The highest BCUT2D eigenvalue weighted by molar-refractivity contribution is 5.79. The number of carbonyl (C=O) groups is 1. The van der Waals surface area contributed by atoms with Crippen molar-refractivity contribution >= 4 is 22.9 Å². The summed E-state index contributed by atoms with van der Waals surface area (Å²) in [6.45, 7) is 9.08. The Kier molecular flexibility index (Phi) is 6.17. The zero-order valence-electron chi connectivity index (χ0n) is 19.1. The summed E-state index contributed by atoms with van der Waals surface area (Å²) in [5.74, 6) is 1.04. The van der Waals surface area contributed by atoms with Gasteiger partial charge in [0.25, 0.3) is 0 Å². The van der Waals surface area contributed by atoms with Gasteiger partial charge in [0.2, 0.25) is 5.91 Å². The standard InChI is InChI=1S/C25H33N7O/c1-2-12-31-22-4-3-10-28-24(22)32(31)21-8-15-30(16-9-21)25(33)20-6-13-29(14-7-20)18-19-5-11-27-23(26)17-19/h2-5,10-11,17,20-21H,1,6-9,12-16,18H2,(H2,26,27). The van der Waals surface area contributed by atoms with Crippen LogP contribution < -0.4 is 5.73 Å². The highest BCUT2D eigenvalue weighted by Gasteiger charge is 2.32. The second-order valence-electron chi connectivity index (χ2n) is 9.26. The number of allylic oxidation sites excluding steroid dienone is 1. The van der Waals surface area contributed by atoms with Crippen LogP contribution in [0.2, 0.25) is 0 Å². The molecule has 0 aromatic carbocycles. The summed E-state index contributed by atoms with van der Waals surface area (Å²) in [5.41, 5.74) is 9.20. The molecular formula is C25H33N7O. The second kappa shape index (κ2) is 9.39. The van der Waals surface area contributed by atoms with E-state index in [2.05, 4.69) is 41.8 Å². The van der Waals surface area contributed by atoms with Crippen molar-refractivity contribution in [1.82, 2.24) is 29.1 Å². The predicted molar refractivity (Wildman–Crippen MR) is 129 cm³/mol. The van der Waals surface area contributed by atoms with Crippen LogP contribution in [0.25, 0.3) is 11.2 Å². The first kappa shape index (κ1) is 21.7. The van der Waals surface area contributed by atoms with Gasteiger partial charge in [-0.25, -0.2) is 9.97 Å². The van der Waals surface area contributed by atoms with Gasteiger partial charge in [0.1, 0.15) is 11.3 Å². The number of fused-ring (bicyclic) bond motifs is 1. The third-order valence-corrected chi connectivity index (χ3v) is 7.13. The van der Waals surface area contributed by atoms with Crippen LogP contribution in [0.1, 0.15) is 37.3 Å². The molecule has 0 unspecified atom stereocenters. The van der Waals surface area contributed by atoms with Crippen molar-refractivity contribution in [2.75, 3.05) is 31.9 Å². The van der Waals surface area contributed by atoms with Gasteiger partial charge in [-0.15, -0.1) is 6.58 Å². The highest BCUT2D eigenvalue weighted by atomic mass is 16.2. The van der Waals surface area contributed by atoms with Crippen molar-refractivity contribution in [3.63, 3.8) is 0 Å². The highest BCUT2D eigenvalue weighted by Crippen LogP contribution is 2.31. The van der Waals surface area contributed by atoms with Crippen molar-refractivity contribution in [2.45, 2.75) is 44.8 Å². The van der Waals surface area contributed by atoms with Crippen LogP contribution in [0.3, 0.4) is 0 Å². The van der Waals surface area contributed by atoms with E-state index in [1.54, 1.807) is 6.20 Å². The molecule has 3 aromatic rings. The van der Waals surface area contributed by atoms with Crippen LogP contribution in [0.15, 0.2) is 49.3 Å². The molecule has 5 rings (SSSR count). The van der Waals surface area contributed by atoms with Crippen LogP contribution in [0, 0.1) is 5.92 Å². The third kappa shape index (κ3) is 4.39. The number of nitrogens with two attached hydrogens (primary N) is 1. The van der Waals surface area contributed by atoms with Crippen molar-refractivity contribution < 1.29 is 4.79 Å². The van der Waals surface area contributed by atoms with Gasteiger partial charge in [0.05, 0.1) is 12.6 Å². The molecule has 2 saturated heterocycles. The van der Waals surface area contributed by atoms with E-state index in [1.165, 1.54) is 5.56 Å². The van der Waals surface area contributed by atoms with Crippen LogP contribution >= 0.6 is 0 Å². The van der Waals surface area contributed by atoms with Crippen LogP contribution in [0.5, 0.6) is 0 Å². The minimum atomic E-state index is 0.143. The summed E-state index contributed by atoms with van der Waals surface area (Å²) < 4.78 is 4.56. The van der Waals surface area contributed by atoms with E-state index in [0.29, 0.717) is 17.8 Å². The quantitative estimate of drug-likeness (QED) is 0.587. The molecule has 33 heavy (non-hydrogen) atoms. The zero-order chi connectivity index (χ0) is 22.8. The number of hydrogen-bond donors (Lipinski definition) is 1. The number of nitrogens with zero attached hydrogens (tertiary/aromatic N) is 6. The Hall–Kier alpha value is -3.13. The lowest BCUT2D eigenvalue weighted by Crippen LogP contribution is -2.46. The molecule has 3 aromatic heterocycles. The van der Waals surface area contributed by atoms with Gasteiger partial charge in [-0.2, -0.15) is 0 Å². The number of anilines is 1. The number of aromatic nitrogens is 4. The number of nitrogen functional groups attached to an aromatic ring is 1. The fourth-order valence-electron chi connectivity index (χ4n) is 5.41. The molecule has 0 atom stereocenters. The lowest BCUT2D eigenvalue weighted by atomic mass is 9.93. The molecule has 0 radical (unpaired) electrons. The zero-order valence-corrected chi connectivity index (χ0v) is 19.1. The van der Waals surface area contributed by atoms with Gasteiger partial charge in [0, 0.05) is 37.9 Å². The first-order valence-electron chi connectivity index (χ1n) is 12.0. The Morgan fingerprint density at radius 3 is 2.61 bits per heavy atom. The third-order valence-electron chi connectivity index (χ3n) is 7.13. The molecule has 0 aliphatic carbocycles. The van der Waals surface area contributed by atoms with Gasteiger partial charge >= 0.3 is 0 Å². The summed E-state index contributed by atoms with van der Waals surface area (Å²) in [5, 5.41) is 0. The van der Waals surface area contributed by atoms with E-state index in [-0.39, 0.29) is 5.92 Å². The fourth-order valence-corrected chi connectivity index (χ4v) is 5.41. The maximum Gasteiger partial charge on any atom is 0.225 e. The van der Waals surface area contributed by atoms with E-state index in [0.717, 1.165) is 76.1 Å². The summed E-state index contributed by atoms with van der Waals surface area (Å²) in [7, 11) is 0.